The first-order valence-corrected chi connectivity index (χ1v) is 5.07. The van der Waals surface area contributed by atoms with Crippen LogP contribution in [0.2, 0.25) is 0 Å². The highest BCUT2D eigenvalue weighted by molar-refractivity contribution is 5.55. The molecule has 1 saturated heterocycles. The first-order valence-electron chi connectivity index (χ1n) is 5.07. The number of nitrogens with two attached hydrogens (primary N) is 1. The third kappa shape index (κ3) is 1.68. The molecule has 1 unspecified atom stereocenters. The van der Waals surface area contributed by atoms with Crippen LogP contribution in [0.15, 0.2) is 18.2 Å². The van der Waals surface area contributed by atoms with E-state index < -0.39 is 0 Å². The highest BCUT2D eigenvalue weighted by atomic mass is 16.3. The molecule has 0 aromatic heterocycles. The average molecular weight is 192 g/mol. The summed E-state index contributed by atoms with van der Waals surface area (Å²) in [6, 6.07) is 5.34. The summed E-state index contributed by atoms with van der Waals surface area (Å²) in [5.74, 6) is 0.698. The van der Waals surface area contributed by atoms with Gasteiger partial charge in [0.1, 0.15) is 5.75 Å². The summed E-state index contributed by atoms with van der Waals surface area (Å²) < 4.78 is 0. The number of hydrogen-bond acceptors (Lipinski definition) is 3. The van der Waals surface area contributed by atoms with Crippen molar-refractivity contribution < 1.29 is 5.11 Å². The molecule has 3 nitrogen and oxygen atoms in total. The normalized spacial score (nSPS) is 22.1. The van der Waals surface area contributed by atoms with Crippen LogP contribution in [0.1, 0.15) is 24.3 Å². The Morgan fingerprint density at radius 1 is 1.43 bits per heavy atom. The molecule has 1 aromatic rings. The molecule has 1 atom stereocenters. The Bertz CT molecular complexity index is 299. The number of phenols is 1. The number of benzene rings is 1. The van der Waals surface area contributed by atoms with Gasteiger partial charge in [-0.25, -0.2) is 0 Å². The molecule has 14 heavy (non-hydrogen) atoms. The zero-order valence-electron chi connectivity index (χ0n) is 8.16. The van der Waals surface area contributed by atoms with Crippen LogP contribution in [-0.2, 0) is 0 Å². The fraction of sp³-hybridized carbons (Fsp3) is 0.455. The summed E-state index contributed by atoms with van der Waals surface area (Å²) in [6.07, 6.45) is 2.26. The van der Waals surface area contributed by atoms with Crippen LogP contribution in [-0.4, -0.2) is 18.2 Å². The van der Waals surface area contributed by atoms with E-state index in [9.17, 15) is 5.11 Å². The topological polar surface area (TPSA) is 58.3 Å². The third-order valence-electron chi connectivity index (χ3n) is 2.82. The molecular weight excluding hydrogens is 176 g/mol. The van der Waals surface area contributed by atoms with Crippen LogP contribution in [0, 0.1) is 0 Å². The van der Waals surface area contributed by atoms with E-state index in [4.69, 9.17) is 5.73 Å². The standard InChI is InChI=1S/C11H16N2O/c12-9-4-1-5-10(14)11(9)8-3-2-6-13-7-8/h1,4-5,8,13-14H,2-3,6-7,12H2. The highest BCUT2D eigenvalue weighted by Gasteiger charge is 2.20. The predicted octanol–water partition coefficient (Wildman–Crippen LogP) is 1.44. The van der Waals surface area contributed by atoms with Gasteiger partial charge in [0.2, 0.25) is 0 Å². The molecule has 76 valence electrons. The summed E-state index contributed by atoms with van der Waals surface area (Å²) in [5.41, 5.74) is 7.49. The van der Waals surface area contributed by atoms with E-state index in [-0.39, 0.29) is 0 Å². The molecule has 0 radical (unpaired) electrons. The second-order valence-corrected chi connectivity index (χ2v) is 3.82. The largest absolute Gasteiger partial charge is 0.508 e. The van der Waals surface area contributed by atoms with Crippen LogP contribution in [0.25, 0.3) is 0 Å². The lowest BCUT2D eigenvalue weighted by Crippen LogP contribution is -2.28. The van der Waals surface area contributed by atoms with E-state index in [0.29, 0.717) is 17.4 Å². The van der Waals surface area contributed by atoms with Crippen molar-refractivity contribution in [2.75, 3.05) is 18.8 Å². The first kappa shape index (κ1) is 9.34. The van der Waals surface area contributed by atoms with Crippen molar-refractivity contribution in [1.29, 1.82) is 0 Å². The maximum absolute atomic E-state index is 9.74. The highest BCUT2D eigenvalue weighted by Crippen LogP contribution is 2.34. The Kier molecular flexibility index (Phi) is 2.59. The SMILES string of the molecule is Nc1cccc(O)c1C1CCCNC1. The van der Waals surface area contributed by atoms with Crippen LogP contribution in [0.3, 0.4) is 0 Å². The summed E-state index contributed by atoms with van der Waals surface area (Å²) in [7, 11) is 0. The Morgan fingerprint density at radius 3 is 2.93 bits per heavy atom. The van der Waals surface area contributed by atoms with Gasteiger partial charge < -0.3 is 16.2 Å². The van der Waals surface area contributed by atoms with Gasteiger partial charge >= 0.3 is 0 Å². The van der Waals surface area contributed by atoms with Crippen molar-refractivity contribution in [3.05, 3.63) is 23.8 Å². The molecule has 0 spiro atoms. The van der Waals surface area contributed by atoms with E-state index in [1.165, 1.54) is 0 Å². The van der Waals surface area contributed by atoms with Gasteiger partial charge in [-0.1, -0.05) is 6.07 Å². The molecule has 1 aromatic carbocycles. The molecule has 0 saturated carbocycles. The van der Waals surface area contributed by atoms with Crippen molar-refractivity contribution in [1.82, 2.24) is 5.32 Å². The zero-order valence-corrected chi connectivity index (χ0v) is 8.16. The van der Waals surface area contributed by atoms with Crippen molar-refractivity contribution in [3.63, 3.8) is 0 Å². The first-order chi connectivity index (χ1) is 6.79. The Hall–Kier alpha value is -1.22. The maximum atomic E-state index is 9.74. The van der Waals surface area contributed by atoms with E-state index >= 15 is 0 Å². The number of aromatic hydroxyl groups is 1. The Labute approximate surface area is 83.9 Å². The number of nitrogens with one attached hydrogen (secondary N) is 1. The second-order valence-electron chi connectivity index (χ2n) is 3.82. The Balaban J connectivity index is 2.29. The molecule has 0 bridgehead atoms. The van der Waals surface area contributed by atoms with Gasteiger partial charge in [-0.15, -0.1) is 0 Å². The molecular formula is C11H16N2O. The number of anilines is 1. The third-order valence-corrected chi connectivity index (χ3v) is 2.82. The van der Waals surface area contributed by atoms with Crippen molar-refractivity contribution in [3.8, 4) is 5.75 Å². The van der Waals surface area contributed by atoms with E-state index in [1.54, 1.807) is 12.1 Å². The van der Waals surface area contributed by atoms with Crippen LogP contribution in [0.4, 0.5) is 5.69 Å². The number of rotatable bonds is 1. The summed E-state index contributed by atoms with van der Waals surface area (Å²) >= 11 is 0. The lowest BCUT2D eigenvalue weighted by molar-refractivity contribution is 0.426. The molecule has 0 amide bonds. The minimum absolute atomic E-state index is 0.332. The minimum atomic E-state index is 0.332. The van der Waals surface area contributed by atoms with Gasteiger partial charge in [-0.2, -0.15) is 0 Å². The summed E-state index contributed by atoms with van der Waals surface area (Å²) in [6.45, 7) is 1.99. The number of phenolic OH excluding ortho intramolecular Hbond substituents is 1. The van der Waals surface area contributed by atoms with Gasteiger partial charge in [-0.05, 0) is 31.5 Å². The number of piperidine rings is 1. The summed E-state index contributed by atoms with van der Waals surface area (Å²) in [5, 5.41) is 13.1. The van der Waals surface area contributed by atoms with Gasteiger partial charge in [-0.3, -0.25) is 0 Å². The van der Waals surface area contributed by atoms with Crippen LogP contribution >= 0.6 is 0 Å². The second kappa shape index (κ2) is 3.88. The number of nitrogen functional groups attached to an aromatic ring is 1. The van der Waals surface area contributed by atoms with Crippen LogP contribution in [0.5, 0.6) is 5.75 Å². The van der Waals surface area contributed by atoms with Gasteiger partial charge in [0.05, 0.1) is 0 Å². The fourth-order valence-electron chi connectivity index (χ4n) is 2.11. The van der Waals surface area contributed by atoms with E-state index in [1.807, 2.05) is 6.07 Å². The van der Waals surface area contributed by atoms with Crippen LogP contribution < -0.4 is 11.1 Å². The molecule has 3 heteroatoms. The molecule has 2 rings (SSSR count). The number of hydrogen-bond donors (Lipinski definition) is 3. The average Bonchev–Trinajstić information content (AvgIpc) is 2.19. The Morgan fingerprint density at radius 2 is 2.29 bits per heavy atom. The zero-order chi connectivity index (χ0) is 9.97. The quantitative estimate of drug-likeness (QED) is 0.590. The smallest absolute Gasteiger partial charge is 0.121 e. The molecule has 0 aliphatic carbocycles. The minimum Gasteiger partial charge on any atom is -0.508 e. The van der Waals surface area contributed by atoms with E-state index in [2.05, 4.69) is 5.32 Å². The lowest BCUT2D eigenvalue weighted by atomic mass is 9.90. The van der Waals surface area contributed by atoms with Crippen molar-refractivity contribution in [2.45, 2.75) is 18.8 Å². The van der Waals surface area contributed by atoms with Gasteiger partial charge in [0.15, 0.2) is 0 Å². The van der Waals surface area contributed by atoms with E-state index in [0.717, 1.165) is 31.5 Å². The van der Waals surface area contributed by atoms with Gasteiger partial charge in [0, 0.05) is 23.7 Å². The monoisotopic (exact) mass is 192 g/mol. The molecule has 1 aliphatic rings. The lowest BCUT2D eigenvalue weighted by Gasteiger charge is -2.24. The van der Waals surface area contributed by atoms with Crippen molar-refractivity contribution in [2.24, 2.45) is 0 Å². The predicted molar refractivity (Wildman–Crippen MR) is 57.4 cm³/mol. The molecule has 4 N–H and O–H groups in total. The van der Waals surface area contributed by atoms with Crippen molar-refractivity contribution >= 4 is 5.69 Å². The molecule has 1 aliphatic heterocycles. The molecule has 1 fully saturated rings. The molecule has 1 heterocycles. The summed E-state index contributed by atoms with van der Waals surface area (Å²) in [4.78, 5) is 0. The van der Waals surface area contributed by atoms with Gasteiger partial charge in [0.25, 0.3) is 0 Å². The maximum Gasteiger partial charge on any atom is 0.121 e. The fourth-order valence-corrected chi connectivity index (χ4v) is 2.11.